The molecule has 0 aliphatic heterocycles. The maximum Gasteiger partial charge on any atom is 0.161 e. The second kappa shape index (κ2) is 4.24. The Morgan fingerprint density at radius 3 is 2.46 bits per heavy atom. The Bertz CT molecular complexity index is 348. The van der Waals surface area contributed by atoms with Crippen LogP contribution in [0.4, 0.5) is 0 Å². The van der Waals surface area contributed by atoms with Crippen molar-refractivity contribution in [3.8, 4) is 5.75 Å². The first kappa shape index (κ1) is 10.7. The molecule has 1 aromatic rings. The molecule has 70 valence electrons. The SMILES string of the molecule is COc1cc(Br)cc(C(C)=O)c1Br. The zero-order chi connectivity index (χ0) is 10.0. The van der Waals surface area contributed by atoms with Gasteiger partial charge in [0.15, 0.2) is 5.78 Å². The van der Waals surface area contributed by atoms with Crippen LogP contribution >= 0.6 is 31.9 Å². The number of methoxy groups -OCH3 is 1. The standard InChI is InChI=1S/C9H8Br2O2/c1-5(12)7-3-6(10)4-8(13-2)9(7)11/h3-4H,1-2H3. The Morgan fingerprint density at radius 2 is 2.00 bits per heavy atom. The van der Waals surface area contributed by atoms with Crippen LogP contribution in [0.3, 0.4) is 0 Å². The van der Waals surface area contributed by atoms with E-state index in [1.54, 1.807) is 19.2 Å². The predicted octanol–water partition coefficient (Wildman–Crippen LogP) is 3.42. The van der Waals surface area contributed by atoms with Crippen molar-refractivity contribution in [2.24, 2.45) is 0 Å². The van der Waals surface area contributed by atoms with Gasteiger partial charge < -0.3 is 4.74 Å². The Hall–Kier alpha value is -0.350. The van der Waals surface area contributed by atoms with Crippen molar-refractivity contribution in [1.29, 1.82) is 0 Å². The van der Waals surface area contributed by atoms with Crippen LogP contribution in [-0.2, 0) is 0 Å². The molecule has 0 spiro atoms. The van der Waals surface area contributed by atoms with Gasteiger partial charge in [-0.3, -0.25) is 4.79 Å². The van der Waals surface area contributed by atoms with Crippen LogP contribution < -0.4 is 4.74 Å². The molecular weight excluding hydrogens is 300 g/mol. The summed E-state index contributed by atoms with van der Waals surface area (Å²) in [5, 5.41) is 0. The molecule has 0 heterocycles. The van der Waals surface area contributed by atoms with Gasteiger partial charge in [-0.2, -0.15) is 0 Å². The molecule has 1 rings (SSSR count). The monoisotopic (exact) mass is 306 g/mol. The number of carbonyl (C=O) groups excluding carboxylic acids is 1. The van der Waals surface area contributed by atoms with Gasteiger partial charge in [-0.05, 0) is 35.0 Å². The fraction of sp³-hybridized carbons (Fsp3) is 0.222. The number of ether oxygens (including phenoxy) is 1. The normalized spacial score (nSPS) is 9.85. The van der Waals surface area contributed by atoms with Crippen molar-refractivity contribution < 1.29 is 9.53 Å². The molecule has 1 aromatic carbocycles. The summed E-state index contributed by atoms with van der Waals surface area (Å²) in [6, 6.07) is 3.56. The molecule has 0 radical (unpaired) electrons. The third kappa shape index (κ3) is 2.31. The molecule has 0 bridgehead atoms. The number of Topliss-reactive ketones (excluding diaryl/α,β-unsaturated/α-hetero) is 1. The molecular formula is C9H8Br2O2. The van der Waals surface area contributed by atoms with Gasteiger partial charge in [0.25, 0.3) is 0 Å². The van der Waals surface area contributed by atoms with E-state index in [1.807, 2.05) is 0 Å². The van der Waals surface area contributed by atoms with Gasteiger partial charge in [0.1, 0.15) is 5.75 Å². The lowest BCUT2D eigenvalue weighted by atomic mass is 10.1. The van der Waals surface area contributed by atoms with Crippen molar-refractivity contribution >= 4 is 37.6 Å². The number of hydrogen-bond acceptors (Lipinski definition) is 2. The first-order valence-electron chi connectivity index (χ1n) is 3.60. The molecule has 0 aromatic heterocycles. The van der Waals surface area contributed by atoms with Crippen LogP contribution in [0, 0.1) is 0 Å². The summed E-state index contributed by atoms with van der Waals surface area (Å²) < 4.78 is 6.62. The maximum atomic E-state index is 11.2. The number of rotatable bonds is 2. The average Bonchev–Trinajstić information content (AvgIpc) is 2.08. The minimum absolute atomic E-state index is 0.00600. The number of hydrogen-bond donors (Lipinski definition) is 0. The highest BCUT2D eigenvalue weighted by molar-refractivity contribution is 9.11. The van der Waals surface area contributed by atoms with Crippen LogP contribution in [0.1, 0.15) is 17.3 Å². The Kier molecular flexibility index (Phi) is 3.50. The molecule has 0 amide bonds. The predicted molar refractivity (Wildman–Crippen MR) is 58.4 cm³/mol. The average molecular weight is 308 g/mol. The Morgan fingerprint density at radius 1 is 1.38 bits per heavy atom. The first-order valence-corrected chi connectivity index (χ1v) is 5.19. The van der Waals surface area contributed by atoms with E-state index in [1.165, 1.54) is 6.92 Å². The third-order valence-corrected chi connectivity index (χ3v) is 2.88. The molecule has 13 heavy (non-hydrogen) atoms. The van der Waals surface area contributed by atoms with E-state index in [9.17, 15) is 4.79 Å². The summed E-state index contributed by atoms with van der Waals surface area (Å²) in [4.78, 5) is 11.2. The van der Waals surface area contributed by atoms with Gasteiger partial charge in [0, 0.05) is 10.0 Å². The van der Waals surface area contributed by atoms with Crippen molar-refractivity contribution in [2.75, 3.05) is 7.11 Å². The quantitative estimate of drug-likeness (QED) is 0.783. The van der Waals surface area contributed by atoms with E-state index in [-0.39, 0.29) is 5.78 Å². The largest absolute Gasteiger partial charge is 0.496 e. The van der Waals surface area contributed by atoms with E-state index < -0.39 is 0 Å². The zero-order valence-corrected chi connectivity index (χ0v) is 10.4. The second-order valence-electron chi connectivity index (χ2n) is 2.53. The van der Waals surface area contributed by atoms with Crippen LogP contribution in [-0.4, -0.2) is 12.9 Å². The van der Waals surface area contributed by atoms with Gasteiger partial charge in [-0.15, -0.1) is 0 Å². The summed E-state index contributed by atoms with van der Waals surface area (Å²) in [5.41, 5.74) is 0.617. The van der Waals surface area contributed by atoms with Crippen LogP contribution in [0.25, 0.3) is 0 Å². The van der Waals surface area contributed by atoms with E-state index >= 15 is 0 Å². The van der Waals surface area contributed by atoms with E-state index in [0.717, 1.165) is 4.47 Å². The maximum absolute atomic E-state index is 11.2. The summed E-state index contributed by atoms with van der Waals surface area (Å²) in [6.45, 7) is 1.52. The second-order valence-corrected chi connectivity index (χ2v) is 4.23. The number of benzene rings is 1. The molecule has 0 N–H and O–H groups in total. The van der Waals surface area contributed by atoms with Crippen LogP contribution in [0.15, 0.2) is 21.1 Å². The smallest absolute Gasteiger partial charge is 0.161 e. The minimum atomic E-state index is 0.00600. The molecule has 0 saturated carbocycles. The molecule has 0 atom stereocenters. The molecule has 4 heteroatoms. The summed E-state index contributed by atoms with van der Waals surface area (Å²) in [6.07, 6.45) is 0. The van der Waals surface area contributed by atoms with Crippen molar-refractivity contribution in [3.05, 3.63) is 26.6 Å². The lowest BCUT2D eigenvalue weighted by Crippen LogP contribution is -1.96. The highest BCUT2D eigenvalue weighted by Crippen LogP contribution is 2.32. The van der Waals surface area contributed by atoms with E-state index in [4.69, 9.17) is 4.74 Å². The Labute approximate surface area is 93.5 Å². The van der Waals surface area contributed by atoms with Gasteiger partial charge >= 0.3 is 0 Å². The van der Waals surface area contributed by atoms with Crippen molar-refractivity contribution in [3.63, 3.8) is 0 Å². The van der Waals surface area contributed by atoms with Gasteiger partial charge in [-0.25, -0.2) is 0 Å². The topological polar surface area (TPSA) is 26.3 Å². The fourth-order valence-electron chi connectivity index (χ4n) is 0.969. The summed E-state index contributed by atoms with van der Waals surface area (Å²) >= 11 is 6.61. The van der Waals surface area contributed by atoms with Gasteiger partial charge in [0.05, 0.1) is 11.6 Å². The lowest BCUT2D eigenvalue weighted by Gasteiger charge is -2.07. The summed E-state index contributed by atoms with van der Waals surface area (Å²) in [7, 11) is 1.57. The molecule has 0 saturated heterocycles. The molecule has 2 nitrogen and oxygen atoms in total. The van der Waals surface area contributed by atoms with E-state index in [2.05, 4.69) is 31.9 Å². The molecule has 0 aliphatic rings. The third-order valence-electron chi connectivity index (χ3n) is 1.60. The molecule has 0 fully saturated rings. The number of carbonyl (C=O) groups is 1. The highest BCUT2D eigenvalue weighted by atomic mass is 79.9. The molecule has 0 aliphatic carbocycles. The Balaban J connectivity index is 3.35. The van der Waals surface area contributed by atoms with Crippen LogP contribution in [0.2, 0.25) is 0 Å². The first-order chi connectivity index (χ1) is 6.06. The number of ketones is 1. The van der Waals surface area contributed by atoms with Gasteiger partial charge in [-0.1, -0.05) is 15.9 Å². The van der Waals surface area contributed by atoms with Crippen molar-refractivity contribution in [2.45, 2.75) is 6.92 Å². The number of halogens is 2. The fourth-order valence-corrected chi connectivity index (χ4v) is 2.08. The van der Waals surface area contributed by atoms with E-state index in [0.29, 0.717) is 15.8 Å². The van der Waals surface area contributed by atoms with Gasteiger partial charge in [0.2, 0.25) is 0 Å². The summed E-state index contributed by atoms with van der Waals surface area (Å²) in [5.74, 6) is 0.658. The highest BCUT2D eigenvalue weighted by Gasteiger charge is 2.11. The molecule has 0 unspecified atom stereocenters. The lowest BCUT2D eigenvalue weighted by molar-refractivity contribution is 0.101. The van der Waals surface area contributed by atoms with Crippen molar-refractivity contribution in [1.82, 2.24) is 0 Å². The minimum Gasteiger partial charge on any atom is -0.496 e. The van der Waals surface area contributed by atoms with Crippen LogP contribution in [0.5, 0.6) is 5.75 Å². The zero-order valence-electron chi connectivity index (χ0n) is 7.23.